The largest absolute Gasteiger partial charge is 0.330 e. The SMILES string of the molecule is Cc1ccc(-c2nc3sc4c(n3c2CCN)CCC(C)C4)cc1C. The van der Waals surface area contributed by atoms with Crippen LogP contribution in [0.25, 0.3) is 16.2 Å². The lowest BCUT2D eigenvalue weighted by molar-refractivity contribution is 0.498. The van der Waals surface area contributed by atoms with Crippen LogP contribution < -0.4 is 5.73 Å². The Morgan fingerprint density at radius 1 is 1.29 bits per heavy atom. The van der Waals surface area contributed by atoms with Gasteiger partial charge in [0, 0.05) is 22.6 Å². The van der Waals surface area contributed by atoms with Crippen LogP contribution in [0.15, 0.2) is 18.2 Å². The molecule has 1 aliphatic carbocycles. The molecule has 2 N–H and O–H groups in total. The van der Waals surface area contributed by atoms with Crippen LogP contribution in [0.3, 0.4) is 0 Å². The van der Waals surface area contributed by atoms with Crippen molar-refractivity contribution in [3.8, 4) is 11.3 Å². The summed E-state index contributed by atoms with van der Waals surface area (Å²) in [5, 5.41) is 0. The van der Waals surface area contributed by atoms with Gasteiger partial charge in [-0.3, -0.25) is 4.40 Å². The van der Waals surface area contributed by atoms with Crippen molar-refractivity contribution in [2.75, 3.05) is 6.54 Å². The van der Waals surface area contributed by atoms with Gasteiger partial charge in [0.1, 0.15) is 0 Å². The van der Waals surface area contributed by atoms with E-state index in [9.17, 15) is 0 Å². The maximum Gasteiger partial charge on any atom is 0.194 e. The predicted octanol–water partition coefficient (Wildman–Crippen LogP) is 4.31. The summed E-state index contributed by atoms with van der Waals surface area (Å²) in [6.45, 7) is 7.34. The van der Waals surface area contributed by atoms with Crippen LogP contribution in [-0.2, 0) is 19.3 Å². The molecule has 4 rings (SSSR count). The van der Waals surface area contributed by atoms with Crippen LogP contribution in [0.2, 0.25) is 0 Å². The van der Waals surface area contributed by atoms with E-state index in [4.69, 9.17) is 10.7 Å². The minimum absolute atomic E-state index is 0.659. The van der Waals surface area contributed by atoms with Crippen molar-refractivity contribution >= 4 is 16.3 Å². The number of aromatic nitrogens is 2. The number of nitrogens with two attached hydrogens (primary N) is 1. The molecule has 0 radical (unpaired) electrons. The number of fused-ring (bicyclic) bond motifs is 3. The summed E-state index contributed by atoms with van der Waals surface area (Å²) in [6, 6.07) is 6.65. The molecule has 0 spiro atoms. The van der Waals surface area contributed by atoms with E-state index in [-0.39, 0.29) is 0 Å². The normalized spacial score (nSPS) is 17.4. The number of hydrogen-bond acceptors (Lipinski definition) is 3. The molecule has 24 heavy (non-hydrogen) atoms. The second-order valence-electron chi connectivity index (χ2n) is 7.18. The molecule has 1 unspecified atom stereocenters. The summed E-state index contributed by atoms with van der Waals surface area (Å²) in [5.41, 5.74) is 13.7. The number of imidazole rings is 1. The summed E-state index contributed by atoms with van der Waals surface area (Å²) in [6.07, 6.45) is 4.52. The molecule has 3 aromatic rings. The van der Waals surface area contributed by atoms with Crippen LogP contribution in [-0.4, -0.2) is 15.9 Å². The number of rotatable bonds is 3. The second kappa shape index (κ2) is 6.01. The highest BCUT2D eigenvalue weighted by molar-refractivity contribution is 7.17. The number of aryl methyl sites for hydroxylation is 3. The van der Waals surface area contributed by atoms with Crippen molar-refractivity contribution in [1.82, 2.24) is 9.38 Å². The van der Waals surface area contributed by atoms with E-state index in [2.05, 4.69) is 43.4 Å². The minimum Gasteiger partial charge on any atom is -0.330 e. The van der Waals surface area contributed by atoms with E-state index in [0.29, 0.717) is 6.54 Å². The van der Waals surface area contributed by atoms with E-state index < -0.39 is 0 Å². The monoisotopic (exact) mass is 339 g/mol. The first-order valence-corrected chi connectivity index (χ1v) is 9.69. The summed E-state index contributed by atoms with van der Waals surface area (Å²) < 4.78 is 2.42. The van der Waals surface area contributed by atoms with Crippen molar-refractivity contribution in [3.63, 3.8) is 0 Å². The molecule has 0 fully saturated rings. The Hall–Kier alpha value is -1.65. The average molecular weight is 340 g/mol. The van der Waals surface area contributed by atoms with Gasteiger partial charge in [-0.15, -0.1) is 11.3 Å². The average Bonchev–Trinajstić information content (AvgIpc) is 3.06. The second-order valence-corrected chi connectivity index (χ2v) is 8.24. The Balaban J connectivity index is 1.91. The number of nitrogens with zero attached hydrogens (tertiary/aromatic N) is 2. The highest BCUT2D eigenvalue weighted by atomic mass is 32.1. The first kappa shape index (κ1) is 15.9. The van der Waals surface area contributed by atoms with Gasteiger partial charge in [0.05, 0.1) is 11.4 Å². The van der Waals surface area contributed by atoms with Gasteiger partial charge in [-0.1, -0.05) is 19.1 Å². The summed E-state index contributed by atoms with van der Waals surface area (Å²) in [4.78, 5) is 7.70. The van der Waals surface area contributed by atoms with Gasteiger partial charge in [-0.25, -0.2) is 4.98 Å². The zero-order valence-electron chi connectivity index (χ0n) is 14.7. The van der Waals surface area contributed by atoms with E-state index >= 15 is 0 Å². The molecule has 1 aromatic carbocycles. The van der Waals surface area contributed by atoms with Crippen molar-refractivity contribution in [2.45, 2.75) is 46.5 Å². The summed E-state index contributed by atoms with van der Waals surface area (Å²) in [7, 11) is 0. The fraction of sp³-hybridized carbons (Fsp3) is 0.450. The van der Waals surface area contributed by atoms with Gasteiger partial charge in [-0.2, -0.15) is 0 Å². The fourth-order valence-corrected chi connectivity index (χ4v) is 5.12. The molecule has 0 saturated heterocycles. The Labute approximate surface area is 147 Å². The summed E-state index contributed by atoms with van der Waals surface area (Å²) in [5.74, 6) is 0.790. The molecule has 3 nitrogen and oxygen atoms in total. The molecule has 2 heterocycles. The molecule has 2 aromatic heterocycles. The van der Waals surface area contributed by atoms with Crippen molar-refractivity contribution in [1.29, 1.82) is 0 Å². The zero-order valence-corrected chi connectivity index (χ0v) is 15.5. The predicted molar refractivity (Wildman–Crippen MR) is 102 cm³/mol. The van der Waals surface area contributed by atoms with Gasteiger partial charge in [0.15, 0.2) is 4.96 Å². The quantitative estimate of drug-likeness (QED) is 0.773. The van der Waals surface area contributed by atoms with Gasteiger partial charge < -0.3 is 5.73 Å². The Morgan fingerprint density at radius 3 is 2.88 bits per heavy atom. The molecule has 1 aliphatic rings. The molecule has 0 saturated carbocycles. The molecule has 1 atom stereocenters. The third-order valence-corrected chi connectivity index (χ3v) is 6.42. The first-order chi connectivity index (χ1) is 11.6. The lowest BCUT2D eigenvalue weighted by atomic mass is 9.93. The van der Waals surface area contributed by atoms with Crippen LogP contribution in [0.4, 0.5) is 0 Å². The number of hydrogen-bond donors (Lipinski definition) is 1. The standard InChI is InChI=1S/C20H25N3S/c1-12-4-7-16-18(10-12)24-20-22-19(17(8-9-21)23(16)20)15-6-5-13(2)14(3)11-15/h5-6,11-12H,4,7-10,21H2,1-3H3. The molecular weight excluding hydrogens is 314 g/mol. The molecule has 4 heteroatoms. The molecule has 0 aliphatic heterocycles. The zero-order chi connectivity index (χ0) is 16.8. The Bertz CT molecular complexity index is 903. The lowest BCUT2D eigenvalue weighted by Crippen LogP contribution is -2.13. The van der Waals surface area contributed by atoms with Crippen LogP contribution >= 0.6 is 11.3 Å². The highest BCUT2D eigenvalue weighted by Crippen LogP contribution is 2.36. The van der Waals surface area contributed by atoms with E-state index in [1.165, 1.54) is 45.8 Å². The van der Waals surface area contributed by atoms with Gasteiger partial charge in [-0.05, 0) is 62.8 Å². The maximum absolute atomic E-state index is 5.94. The molecule has 126 valence electrons. The Kier molecular flexibility index (Phi) is 3.97. The number of thiazole rings is 1. The topological polar surface area (TPSA) is 43.3 Å². The van der Waals surface area contributed by atoms with E-state index in [0.717, 1.165) is 29.4 Å². The van der Waals surface area contributed by atoms with Gasteiger partial charge in [0.2, 0.25) is 0 Å². The first-order valence-electron chi connectivity index (χ1n) is 8.88. The molecule has 0 amide bonds. The van der Waals surface area contributed by atoms with Crippen LogP contribution in [0.5, 0.6) is 0 Å². The van der Waals surface area contributed by atoms with Gasteiger partial charge >= 0.3 is 0 Å². The van der Waals surface area contributed by atoms with Crippen molar-refractivity contribution in [3.05, 3.63) is 45.6 Å². The smallest absolute Gasteiger partial charge is 0.194 e. The van der Waals surface area contributed by atoms with E-state index in [1.807, 2.05) is 11.3 Å². The minimum atomic E-state index is 0.659. The molecular formula is C20H25N3S. The van der Waals surface area contributed by atoms with Crippen LogP contribution in [0, 0.1) is 19.8 Å². The third kappa shape index (κ3) is 2.49. The lowest BCUT2D eigenvalue weighted by Gasteiger charge is -2.18. The third-order valence-electron chi connectivity index (χ3n) is 5.32. The van der Waals surface area contributed by atoms with Crippen molar-refractivity contribution in [2.24, 2.45) is 11.7 Å². The maximum atomic E-state index is 5.94. The Morgan fingerprint density at radius 2 is 2.12 bits per heavy atom. The van der Waals surface area contributed by atoms with Gasteiger partial charge in [0.25, 0.3) is 0 Å². The van der Waals surface area contributed by atoms with Crippen molar-refractivity contribution < 1.29 is 0 Å². The molecule has 0 bridgehead atoms. The van der Waals surface area contributed by atoms with E-state index in [1.54, 1.807) is 0 Å². The fourth-order valence-electron chi connectivity index (χ4n) is 3.77. The highest BCUT2D eigenvalue weighted by Gasteiger charge is 2.25. The summed E-state index contributed by atoms with van der Waals surface area (Å²) >= 11 is 1.88. The van der Waals surface area contributed by atoms with Crippen LogP contribution in [0.1, 0.15) is 40.7 Å². The number of benzene rings is 1.